The van der Waals surface area contributed by atoms with Crippen molar-refractivity contribution in [3.05, 3.63) is 95.3 Å². The Morgan fingerprint density at radius 2 is 1.86 bits per heavy atom. The van der Waals surface area contributed by atoms with E-state index < -0.39 is 0 Å². The number of nitrogens with one attached hydrogen (secondary N) is 1. The molecule has 5 rings (SSSR count). The van der Waals surface area contributed by atoms with Crippen molar-refractivity contribution in [2.75, 3.05) is 5.75 Å². The summed E-state index contributed by atoms with van der Waals surface area (Å²) in [5, 5.41) is 12.7. The van der Waals surface area contributed by atoms with Crippen molar-refractivity contribution in [2.24, 2.45) is 0 Å². The van der Waals surface area contributed by atoms with E-state index in [0.29, 0.717) is 11.7 Å². The number of aryl methyl sites for hydroxylation is 2. The Labute approximate surface area is 210 Å². The summed E-state index contributed by atoms with van der Waals surface area (Å²) >= 11 is 1.41. The predicted octanol–water partition coefficient (Wildman–Crippen LogP) is 5.24. The first-order valence-electron chi connectivity index (χ1n) is 12.1. The van der Waals surface area contributed by atoms with Crippen molar-refractivity contribution in [2.45, 2.75) is 50.4 Å². The van der Waals surface area contributed by atoms with Gasteiger partial charge in [0.1, 0.15) is 0 Å². The van der Waals surface area contributed by atoms with Crippen molar-refractivity contribution >= 4 is 17.7 Å². The number of benzene rings is 2. The predicted molar refractivity (Wildman–Crippen MR) is 139 cm³/mol. The fourth-order valence-corrected chi connectivity index (χ4v) is 5.28. The summed E-state index contributed by atoms with van der Waals surface area (Å²) in [6.45, 7) is 2.67. The summed E-state index contributed by atoms with van der Waals surface area (Å²) in [4.78, 5) is 17.1. The maximum Gasteiger partial charge on any atom is 0.230 e. The molecule has 1 amide bonds. The number of carbonyl (C=O) groups excluding carboxylic acids is 1. The summed E-state index contributed by atoms with van der Waals surface area (Å²) in [5.74, 6) is 1.000. The van der Waals surface area contributed by atoms with Crippen LogP contribution in [0.15, 0.2) is 78.2 Å². The highest BCUT2D eigenvalue weighted by molar-refractivity contribution is 7.99. The van der Waals surface area contributed by atoms with Gasteiger partial charge in [-0.05, 0) is 67.0 Å². The number of hydrogen-bond donors (Lipinski definition) is 1. The zero-order valence-corrected chi connectivity index (χ0v) is 20.7. The number of rotatable bonds is 8. The van der Waals surface area contributed by atoms with Gasteiger partial charge in [-0.1, -0.05) is 60.3 Å². The van der Waals surface area contributed by atoms with Gasteiger partial charge in [-0.15, -0.1) is 10.2 Å². The van der Waals surface area contributed by atoms with Crippen LogP contribution in [0.4, 0.5) is 0 Å². The normalized spacial score (nSPS) is 13.7. The molecule has 2 aromatic carbocycles. The monoisotopic (exact) mass is 483 g/mol. The lowest BCUT2D eigenvalue weighted by molar-refractivity contribution is -0.119. The fourth-order valence-electron chi connectivity index (χ4n) is 4.53. The minimum atomic E-state index is -0.0385. The Morgan fingerprint density at radius 1 is 1.03 bits per heavy atom. The second kappa shape index (κ2) is 10.9. The van der Waals surface area contributed by atoms with Gasteiger partial charge in [-0.3, -0.25) is 14.3 Å². The first-order valence-corrected chi connectivity index (χ1v) is 13.1. The van der Waals surface area contributed by atoms with E-state index in [2.05, 4.69) is 55.4 Å². The molecule has 2 aromatic heterocycles. The van der Waals surface area contributed by atoms with Gasteiger partial charge in [0.2, 0.25) is 5.91 Å². The number of hydrogen-bond acceptors (Lipinski definition) is 5. The third-order valence-electron chi connectivity index (χ3n) is 6.40. The smallest absolute Gasteiger partial charge is 0.230 e. The number of pyridine rings is 1. The highest BCUT2D eigenvalue weighted by atomic mass is 32.2. The number of aromatic nitrogens is 4. The lowest BCUT2D eigenvalue weighted by Crippen LogP contribution is -2.28. The van der Waals surface area contributed by atoms with E-state index in [9.17, 15) is 4.79 Å². The van der Waals surface area contributed by atoms with Crippen LogP contribution in [0.25, 0.3) is 11.4 Å². The van der Waals surface area contributed by atoms with Crippen molar-refractivity contribution in [3.8, 4) is 11.4 Å². The van der Waals surface area contributed by atoms with E-state index in [1.165, 1.54) is 35.7 Å². The van der Waals surface area contributed by atoms with E-state index in [-0.39, 0.29) is 17.7 Å². The maximum atomic E-state index is 12.8. The molecule has 0 bridgehead atoms. The van der Waals surface area contributed by atoms with Crippen LogP contribution in [0.5, 0.6) is 0 Å². The quantitative estimate of drug-likeness (QED) is 0.347. The summed E-state index contributed by atoms with van der Waals surface area (Å²) in [5.41, 5.74) is 6.09. The van der Waals surface area contributed by atoms with Crippen LogP contribution in [0.2, 0.25) is 0 Å². The second-order valence-corrected chi connectivity index (χ2v) is 9.88. The molecule has 4 aromatic rings. The third kappa shape index (κ3) is 5.62. The Morgan fingerprint density at radius 3 is 2.66 bits per heavy atom. The SMILES string of the molecule is C[C@@H](NC(=O)CSc1nnc(-c2cccnc2)n1Cc1ccccc1)c1ccc2c(c1)CCCC2. The Balaban J connectivity index is 1.28. The molecule has 1 atom stereocenters. The molecule has 0 saturated carbocycles. The number of carbonyl (C=O) groups is 1. The zero-order chi connectivity index (χ0) is 24.0. The van der Waals surface area contributed by atoms with Crippen LogP contribution in [0, 0.1) is 0 Å². The zero-order valence-electron chi connectivity index (χ0n) is 19.9. The van der Waals surface area contributed by atoms with Crippen molar-refractivity contribution in [1.29, 1.82) is 0 Å². The van der Waals surface area contributed by atoms with Gasteiger partial charge in [0, 0.05) is 18.0 Å². The van der Waals surface area contributed by atoms with Gasteiger partial charge in [-0.2, -0.15) is 0 Å². The van der Waals surface area contributed by atoms with Gasteiger partial charge < -0.3 is 5.32 Å². The molecule has 1 aliphatic carbocycles. The van der Waals surface area contributed by atoms with Gasteiger partial charge >= 0.3 is 0 Å². The van der Waals surface area contributed by atoms with Crippen molar-refractivity contribution < 1.29 is 4.79 Å². The van der Waals surface area contributed by atoms with Gasteiger partial charge in [-0.25, -0.2) is 0 Å². The maximum absolute atomic E-state index is 12.8. The molecule has 0 aliphatic heterocycles. The second-order valence-electron chi connectivity index (χ2n) is 8.93. The van der Waals surface area contributed by atoms with E-state index in [1.807, 2.05) is 37.3 Å². The molecule has 178 valence electrons. The molecule has 35 heavy (non-hydrogen) atoms. The standard InChI is InChI=1S/C28H29N5OS/c1-20(23-14-13-22-10-5-6-11-24(22)16-23)30-26(34)19-35-28-32-31-27(25-12-7-15-29-17-25)33(28)18-21-8-3-2-4-9-21/h2-4,7-9,12-17,20H,5-6,10-11,18-19H2,1H3,(H,30,34)/t20-/m1/s1. The van der Waals surface area contributed by atoms with Crippen LogP contribution >= 0.6 is 11.8 Å². The highest BCUT2D eigenvalue weighted by Gasteiger charge is 2.18. The summed E-state index contributed by atoms with van der Waals surface area (Å²) in [6, 6.07) is 20.7. The Hall–Kier alpha value is -3.45. The molecule has 0 radical (unpaired) electrons. The molecule has 0 unspecified atom stereocenters. The fraction of sp³-hybridized carbons (Fsp3) is 0.286. The minimum absolute atomic E-state index is 0.0163. The van der Waals surface area contributed by atoms with Crippen molar-refractivity contribution in [3.63, 3.8) is 0 Å². The average Bonchev–Trinajstić information content (AvgIpc) is 3.30. The number of fused-ring (bicyclic) bond motifs is 1. The molecule has 2 heterocycles. The van der Waals surface area contributed by atoms with Gasteiger partial charge in [0.15, 0.2) is 11.0 Å². The van der Waals surface area contributed by atoms with Crippen LogP contribution in [-0.2, 0) is 24.2 Å². The Kier molecular flexibility index (Phi) is 7.23. The van der Waals surface area contributed by atoms with Gasteiger partial charge in [0.25, 0.3) is 0 Å². The molecular formula is C28H29N5OS. The lowest BCUT2D eigenvalue weighted by atomic mass is 9.89. The minimum Gasteiger partial charge on any atom is -0.349 e. The van der Waals surface area contributed by atoms with Crippen LogP contribution in [0.3, 0.4) is 0 Å². The first-order chi connectivity index (χ1) is 17.2. The van der Waals surface area contributed by atoms with Crippen molar-refractivity contribution in [1.82, 2.24) is 25.1 Å². The lowest BCUT2D eigenvalue weighted by Gasteiger charge is -2.20. The van der Waals surface area contributed by atoms with E-state index in [1.54, 1.807) is 12.4 Å². The van der Waals surface area contributed by atoms with E-state index in [4.69, 9.17) is 0 Å². The van der Waals surface area contributed by atoms with Crippen LogP contribution in [-0.4, -0.2) is 31.4 Å². The average molecular weight is 484 g/mol. The molecule has 7 heteroatoms. The highest BCUT2D eigenvalue weighted by Crippen LogP contribution is 2.26. The summed E-state index contributed by atoms with van der Waals surface area (Å²) in [7, 11) is 0. The topological polar surface area (TPSA) is 72.7 Å². The summed E-state index contributed by atoms with van der Waals surface area (Å²) in [6.07, 6.45) is 8.34. The Bertz CT molecular complexity index is 1290. The molecule has 0 fully saturated rings. The first kappa shape index (κ1) is 23.3. The van der Waals surface area contributed by atoms with E-state index in [0.717, 1.165) is 35.4 Å². The molecule has 0 saturated heterocycles. The van der Waals surface area contributed by atoms with Gasteiger partial charge in [0.05, 0.1) is 18.3 Å². The molecule has 1 aliphatic rings. The number of thioether (sulfide) groups is 1. The van der Waals surface area contributed by atoms with E-state index >= 15 is 0 Å². The molecular weight excluding hydrogens is 454 g/mol. The van der Waals surface area contributed by atoms with Crippen LogP contribution < -0.4 is 5.32 Å². The number of amides is 1. The molecule has 6 nitrogen and oxygen atoms in total. The summed E-state index contributed by atoms with van der Waals surface area (Å²) < 4.78 is 2.05. The van der Waals surface area contributed by atoms with Crippen LogP contribution in [0.1, 0.15) is 48.1 Å². The number of nitrogens with zero attached hydrogens (tertiary/aromatic N) is 4. The largest absolute Gasteiger partial charge is 0.349 e. The molecule has 0 spiro atoms. The third-order valence-corrected chi connectivity index (χ3v) is 7.37. The molecule has 1 N–H and O–H groups in total.